The topological polar surface area (TPSA) is 86.6 Å². The van der Waals surface area contributed by atoms with Gasteiger partial charge >= 0.3 is 11.9 Å². The fraction of sp³-hybridized carbons (Fsp3) is 0.600. The van der Waals surface area contributed by atoms with Crippen molar-refractivity contribution in [3.8, 4) is 0 Å². The molecule has 1 aliphatic heterocycles. The maximum atomic E-state index is 10.9. The van der Waals surface area contributed by atoms with Crippen molar-refractivity contribution in [1.29, 1.82) is 0 Å². The molecule has 0 unspecified atom stereocenters. The molecule has 15 heavy (non-hydrogen) atoms. The number of rotatable bonds is 4. The molecule has 0 aromatic carbocycles. The molecule has 1 aliphatic rings. The molecule has 0 amide bonds. The fourth-order valence-corrected chi connectivity index (χ4v) is 2.06. The van der Waals surface area contributed by atoms with Crippen LogP contribution >= 0.6 is 0 Å². The van der Waals surface area contributed by atoms with Crippen LogP contribution in [0.15, 0.2) is 12.2 Å². The average Bonchev–Trinajstić information content (AvgIpc) is 2.46. The van der Waals surface area contributed by atoms with E-state index in [0.717, 1.165) is 5.57 Å². The lowest BCUT2D eigenvalue weighted by Crippen LogP contribution is -2.36. The highest BCUT2D eigenvalue weighted by Crippen LogP contribution is 2.30. The Morgan fingerprint density at radius 1 is 1.47 bits per heavy atom. The van der Waals surface area contributed by atoms with Gasteiger partial charge in [-0.25, -0.2) is 0 Å². The zero-order chi connectivity index (χ0) is 11.6. The van der Waals surface area contributed by atoms with Gasteiger partial charge in [0.1, 0.15) is 6.04 Å². The first-order valence-corrected chi connectivity index (χ1v) is 4.77. The van der Waals surface area contributed by atoms with Gasteiger partial charge in [0, 0.05) is 12.5 Å². The van der Waals surface area contributed by atoms with Crippen molar-refractivity contribution >= 4 is 11.9 Å². The molecule has 1 saturated heterocycles. The predicted molar refractivity (Wildman–Crippen MR) is 53.5 cm³/mol. The molecule has 0 bridgehead atoms. The number of nitrogens with one attached hydrogen (secondary N) is 1. The van der Waals surface area contributed by atoms with Gasteiger partial charge in [0.15, 0.2) is 0 Å². The van der Waals surface area contributed by atoms with E-state index in [9.17, 15) is 9.59 Å². The first-order valence-electron chi connectivity index (χ1n) is 4.77. The molecule has 3 N–H and O–H groups in total. The molecule has 84 valence electrons. The van der Waals surface area contributed by atoms with Crippen molar-refractivity contribution in [2.45, 2.75) is 19.4 Å². The van der Waals surface area contributed by atoms with E-state index in [1.54, 1.807) is 6.92 Å². The summed E-state index contributed by atoms with van der Waals surface area (Å²) in [6.07, 6.45) is -0.137. The van der Waals surface area contributed by atoms with E-state index in [4.69, 9.17) is 10.2 Å². The molecular weight excluding hydrogens is 198 g/mol. The monoisotopic (exact) mass is 213 g/mol. The van der Waals surface area contributed by atoms with Gasteiger partial charge in [-0.1, -0.05) is 12.2 Å². The highest BCUT2D eigenvalue weighted by atomic mass is 16.4. The van der Waals surface area contributed by atoms with Crippen LogP contribution in [-0.4, -0.2) is 34.7 Å². The molecule has 0 aliphatic carbocycles. The Bertz CT molecular complexity index is 278. The summed E-state index contributed by atoms with van der Waals surface area (Å²) >= 11 is 0. The van der Waals surface area contributed by atoms with Crippen molar-refractivity contribution in [2.24, 2.45) is 11.8 Å². The molecule has 0 aromatic heterocycles. The van der Waals surface area contributed by atoms with Crippen LogP contribution in [-0.2, 0) is 9.59 Å². The number of hydrogen-bond donors (Lipinski definition) is 3. The maximum Gasteiger partial charge on any atom is 0.321 e. The summed E-state index contributed by atoms with van der Waals surface area (Å²) in [6.45, 7) is 6.05. The van der Waals surface area contributed by atoms with E-state index < -0.39 is 23.9 Å². The Kier molecular flexibility index (Phi) is 3.47. The first-order chi connectivity index (χ1) is 6.93. The van der Waals surface area contributed by atoms with E-state index in [-0.39, 0.29) is 12.3 Å². The Morgan fingerprint density at radius 2 is 2.07 bits per heavy atom. The summed E-state index contributed by atoms with van der Waals surface area (Å²) in [5.74, 6) is -2.44. The normalized spacial score (nSPS) is 30.1. The van der Waals surface area contributed by atoms with E-state index >= 15 is 0 Å². The summed E-state index contributed by atoms with van der Waals surface area (Å²) in [5.41, 5.74) is 0.831. The largest absolute Gasteiger partial charge is 0.481 e. The quantitative estimate of drug-likeness (QED) is 0.586. The number of hydrogen-bond acceptors (Lipinski definition) is 3. The van der Waals surface area contributed by atoms with Gasteiger partial charge in [-0.3, -0.25) is 9.59 Å². The van der Waals surface area contributed by atoms with E-state index in [1.165, 1.54) is 0 Å². The van der Waals surface area contributed by atoms with Crippen LogP contribution in [0.2, 0.25) is 0 Å². The molecule has 5 heteroatoms. The summed E-state index contributed by atoms with van der Waals surface area (Å²) < 4.78 is 0. The second-order valence-corrected chi connectivity index (χ2v) is 3.94. The molecule has 0 spiro atoms. The number of carboxylic acid groups (broad SMARTS) is 2. The van der Waals surface area contributed by atoms with Crippen molar-refractivity contribution in [1.82, 2.24) is 5.32 Å². The Labute approximate surface area is 87.8 Å². The van der Waals surface area contributed by atoms with Gasteiger partial charge in [0.05, 0.1) is 6.42 Å². The standard InChI is InChI=1S/C10H15NO4/c1-5(2)7-4-11-9(10(14)15)6(7)3-8(12)13/h6-7,9,11H,1,3-4H2,2H3,(H,12,13)(H,14,15)/t6-,7-,9+/m1/s1. The van der Waals surface area contributed by atoms with Crippen LogP contribution in [0.1, 0.15) is 13.3 Å². The minimum atomic E-state index is -0.995. The Balaban J connectivity index is 2.82. The fourth-order valence-electron chi connectivity index (χ4n) is 2.06. The van der Waals surface area contributed by atoms with Gasteiger partial charge in [0.2, 0.25) is 0 Å². The maximum absolute atomic E-state index is 10.9. The molecule has 0 radical (unpaired) electrons. The van der Waals surface area contributed by atoms with Crippen molar-refractivity contribution in [3.05, 3.63) is 12.2 Å². The van der Waals surface area contributed by atoms with Crippen LogP contribution in [0.5, 0.6) is 0 Å². The zero-order valence-corrected chi connectivity index (χ0v) is 8.56. The smallest absolute Gasteiger partial charge is 0.321 e. The summed E-state index contributed by atoms with van der Waals surface area (Å²) in [7, 11) is 0. The Hall–Kier alpha value is -1.36. The molecule has 0 aromatic rings. The van der Waals surface area contributed by atoms with Crippen LogP contribution in [0.4, 0.5) is 0 Å². The van der Waals surface area contributed by atoms with Crippen LogP contribution in [0.25, 0.3) is 0 Å². The molecule has 3 atom stereocenters. The highest BCUT2D eigenvalue weighted by molar-refractivity contribution is 5.76. The predicted octanol–water partition coefficient (Wildman–Crippen LogP) is 0.326. The third kappa shape index (κ3) is 2.56. The van der Waals surface area contributed by atoms with Gasteiger partial charge in [-0.2, -0.15) is 0 Å². The average molecular weight is 213 g/mol. The second kappa shape index (κ2) is 4.44. The Morgan fingerprint density at radius 3 is 2.47 bits per heavy atom. The van der Waals surface area contributed by atoms with Crippen LogP contribution in [0, 0.1) is 11.8 Å². The molecule has 5 nitrogen and oxygen atoms in total. The minimum Gasteiger partial charge on any atom is -0.481 e. The molecule has 0 saturated carbocycles. The lowest BCUT2D eigenvalue weighted by Gasteiger charge is -2.19. The van der Waals surface area contributed by atoms with Gasteiger partial charge < -0.3 is 15.5 Å². The van der Waals surface area contributed by atoms with E-state index in [1.807, 2.05) is 0 Å². The van der Waals surface area contributed by atoms with Crippen molar-refractivity contribution in [2.75, 3.05) is 6.54 Å². The second-order valence-electron chi connectivity index (χ2n) is 3.94. The van der Waals surface area contributed by atoms with Gasteiger partial charge in [-0.05, 0) is 12.8 Å². The van der Waals surface area contributed by atoms with Gasteiger partial charge in [0.25, 0.3) is 0 Å². The molecule has 1 fully saturated rings. The van der Waals surface area contributed by atoms with Crippen LogP contribution < -0.4 is 5.32 Å². The summed E-state index contributed by atoms with van der Waals surface area (Å²) in [5, 5.41) is 20.5. The first kappa shape index (κ1) is 11.7. The molecule has 1 heterocycles. The molecule has 1 rings (SSSR count). The number of carbonyl (C=O) groups is 2. The van der Waals surface area contributed by atoms with Gasteiger partial charge in [-0.15, -0.1) is 0 Å². The number of carboxylic acids is 2. The number of aliphatic carboxylic acids is 2. The van der Waals surface area contributed by atoms with Crippen molar-refractivity contribution in [3.63, 3.8) is 0 Å². The summed E-state index contributed by atoms with van der Waals surface area (Å²) in [6, 6.07) is -0.775. The van der Waals surface area contributed by atoms with E-state index in [2.05, 4.69) is 11.9 Å². The summed E-state index contributed by atoms with van der Waals surface area (Å²) in [4.78, 5) is 21.5. The SMILES string of the molecule is C=C(C)[C@H]1CN[C@H](C(=O)O)[C@@H]1CC(=O)O. The highest BCUT2D eigenvalue weighted by Gasteiger charge is 2.41. The van der Waals surface area contributed by atoms with Crippen LogP contribution in [0.3, 0.4) is 0 Å². The minimum absolute atomic E-state index is 0.0674. The van der Waals surface area contributed by atoms with E-state index in [0.29, 0.717) is 6.54 Å². The lowest BCUT2D eigenvalue weighted by molar-refractivity contribution is -0.142. The lowest BCUT2D eigenvalue weighted by atomic mass is 9.84. The third-order valence-corrected chi connectivity index (χ3v) is 2.81. The zero-order valence-electron chi connectivity index (χ0n) is 8.56. The molecular formula is C10H15NO4. The van der Waals surface area contributed by atoms with Crippen molar-refractivity contribution < 1.29 is 19.8 Å². The third-order valence-electron chi connectivity index (χ3n) is 2.81.